The Hall–Kier alpha value is -4.09. The predicted molar refractivity (Wildman–Crippen MR) is 156 cm³/mol. The van der Waals surface area contributed by atoms with E-state index in [1.165, 1.54) is 7.11 Å². The first-order valence-corrected chi connectivity index (χ1v) is 14.5. The van der Waals surface area contributed by atoms with E-state index in [0.717, 1.165) is 28.9 Å². The van der Waals surface area contributed by atoms with Gasteiger partial charge in [-0.1, -0.05) is 18.2 Å². The van der Waals surface area contributed by atoms with Gasteiger partial charge in [0.05, 0.1) is 42.5 Å². The molecule has 9 nitrogen and oxygen atoms in total. The number of phenols is 1. The summed E-state index contributed by atoms with van der Waals surface area (Å²) >= 11 is 5.86. The maximum atomic E-state index is 12.1. The molecule has 202 valence electrons. The number of hydrogen-bond donors (Lipinski definition) is 3. The number of pyridine rings is 1. The van der Waals surface area contributed by atoms with Crippen LogP contribution >= 0.6 is 12.2 Å². The maximum absolute atomic E-state index is 12.1. The molecule has 3 N–H and O–H groups in total. The summed E-state index contributed by atoms with van der Waals surface area (Å²) < 4.78 is 34.1. The number of nitrogens with zero attached hydrogens (tertiary/aromatic N) is 3. The van der Waals surface area contributed by atoms with E-state index in [2.05, 4.69) is 21.1 Å². The third-order valence-electron chi connectivity index (χ3n) is 6.77. The molecule has 1 aliphatic heterocycles. The Morgan fingerprint density at radius 2 is 1.82 bits per heavy atom. The summed E-state index contributed by atoms with van der Waals surface area (Å²) in [5, 5.41) is 14.5. The van der Waals surface area contributed by atoms with Crippen molar-refractivity contribution in [3.05, 3.63) is 95.6 Å². The Morgan fingerprint density at radius 3 is 2.49 bits per heavy atom. The van der Waals surface area contributed by atoms with Crippen molar-refractivity contribution in [3.8, 4) is 17.2 Å². The number of aromatic nitrogens is 2. The molecule has 0 amide bonds. The number of hydrogen-bond acceptors (Lipinski definition) is 6. The number of anilines is 2. The summed E-state index contributed by atoms with van der Waals surface area (Å²) in [6, 6.07) is 19.7. The molecule has 4 aromatic rings. The van der Waals surface area contributed by atoms with E-state index in [1.807, 2.05) is 59.7 Å². The fraction of sp³-hybridized carbons (Fsp3) is 0.214. The molecule has 1 aliphatic rings. The average Bonchev–Trinajstić information content (AvgIpc) is 3.39. The fourth-order valence-electron chi connectivity index (χ4n) is 5.19. The first-order valence-electron chi connectivity index (χ1n) is 12.2. The van der Waals surface area contributed by atoms with E-state index in [-0.39, 0.29) is 17.8 Å². The smallest absolute Gasteiger partial charge is 0.229 e. The Kier molecular flexibility index (Phi) is 6.96. The number of nitrogens with one attached hydrogen (secondary N) is 2. The number of aryl methyl sites for hydroxylation is 1. The highest BCUT2D eigenvalue weighted by Gasteiger charge is 2.42. The van der Waals surface area contributed by atoms with Crippen LogP contribution in [-0.2, 0) is 10.0 Å². The molecule has 1 saturated heterocycles. The van der Waals surface area contributed by atoms with E-state index >= 15 is 0 Å². The van der Waals surface area contributed by atoms with Crippen molar-refractivity contribution in [2.45, 2.75) is 25.9 Å². The summed E-state index contributed by atoms with van der Waals surface area (Å²) in [4.78, 5) is 6.59. The van der Waals surface area contributed by atoms with Crippen LogP contribution in [0.2, 0.25) is 0 Å². The maximum Gasteiger partial charge on any atom is 0.229 e. The summed E-state index contributed by atoms with van der Waals surface area (Å²) in [5.41, 5.74) is 5.32. The molecule has 1 fully saturated rings. The van der Waals surface area contributed by atoms with Gasteiger partial charge in [0, 0.05) is 23.3 Å². The zero-order chi connectivity index (χ0) is 27.9. The molecule has 5 rings (SSSR count). The summed E-state index contributed by atoms with van der Waals surface area (Å²) in [6.45, 7) is 4.00. The number of methoxy groups -OCH3 is 1. The van der Waals surface area contributed by atoms with E-state index in [4.69, 9.17) is 17.0 Å². The van der Waals surface area contributed by atoms with Gasteiger partial charge in [-0.2, -0.15) is 0 Å². The van der Waals surface area contributed by atoms with Crippen molar-refractivity contribution >= 4 is 38.7 Å². The molecule has 0 saturated carbocycles. The van der Waals surface area contributed by atoms with Gasteiger partial charge in [0.15, 0.2) is 5.11 Å². The van der Waals surface area contributed by atoms with Crippen molar-refractivity contribution in [3.63, 3.8) is 0 Å². The van der Waals surface area contributed by atoms with Crippen LogP contribution in [0.15, 0.2) is 72.9 Å². The van der Waals surface area contributed by atoms with Gasteiger partial charge in [-0.3, -0.25) is 9.71 Å². The number of benzene rings is 2. The van der Waals surface area contributed by atoms with Crippen molar-refractivity contribution < 1.29 is 18.3 Å². The van der Waals surface area contributed by atoms with E-state index < -0.39 is 10.0 Å². The molecular formula is C28H29N5O4S2. The van der Waals surface area contributed by atoms with Gasteiger partial charge in [0.1, 0.15) is 11.5 Å². The summed E-state index contributed by atoms with van der Waals surface area (Å²) in [7, 11) is -2.08. The molecule has 2 aromatic heterocycles. The minimum Gasteiger partial charge on any atom is -0.506 e. The van der Waals surface area contributed by atoms with Crippen molar-refractivity contribution in [2.24, 2.45) is 0 Å². The second-order valence-electron chi connectivity index (χ2n) is 9.41. The average molecular weight is 564 g/mol. The molecule has 11 heteroatoms. The quantitative estimate of drug-likeness (QED) is 0.277. The topological polar surface area (TPSA) is 109 Å². The Morgan fingerprint density at radius 1 is 1.08 bits per heavy atom. The standard InChI is InChI=1S/C28H29N5O4S2/c1-17-15-20(18(2)32(17)23-10-5-6-11-24(23)34)27-26(21-9-7-8-14-29-21)30-28(38)33(27)19-12-13-25(37-3)22(16-19)31-39(4,35)36/h5-16,26-27,31,34H,1-4H3,(H,30,38)/t26-,27+/m1/s1. The van der Waals surface area contributed by atoms with Gasteiger partial charge in [0.2, 0.25) is 10.0 Å². The van der Waals surface area contributed by atoms with Crippen LogP contribution in [0.5, 0.6) is 11.5 Å². The van der Waals surface area contributed by atoms with Crippen LogP contribution in [0, 0.1) is 13.8 Å². The highest BCUT2D eigenvalue weighted by Crippen LogP contribution is 2.45. The lowest BCUT2D eigenvalue weighted by Gasteiger charge is -2.29. The third-order valence-corrected chi connectivity index (χ3v) is 7.67. The van der Waals surface area contributed by atoms with Gasteiger partial charge >= 0.3 is 0 Å². The summed E-state index contributed by atoms with van der Waals surface area (Å²) in [6.07, 6.45) is 2.83. The van der Waals surface area contributed by atoms with Crippen LogP contribution in [-0.4, -0.2) is 41.6 Å². The largest absolute Gasteiger partial charge is 0.506 e. The Balaban J connectivity index is 1.69. The lowest BCUT2D eigenvalue weighted by atomic mass is 9.96. The SMILES string of the molecule is COc1ccc(N2C(=S)N[C@H](c3ccccn3)[C@@H]2c2cc(C)n(-c3ccccc3O)c2C)cc1NS(C)(=O)=O. The van der Waals surface area contributed by atoms with Gasteiger partial charge in [0.25, 0.3) is 0 Å². The van der Waals surface area contributed by atoms with Crippen molar-refractivity contribution in [1.82, 2.24) is 14.9 Å². The van der Waals surface area contributed by atoms with Crippen molar-refractivity contribution in [2.75, 3.05) is 23.0 Å². The van der Waals surface area contributed by atoms with Gasteiger partial charge < -0.3 is 24.6 Å². The molecule has 0 bridgehead atoms. The minimum absolute atomic E-state index is 0.177. The van der Waals surface area contributed by atoms with E-state index in [9.17, 15) is 13.5 Å². The molecular weight excluding hydrogens is 534 g/mol. The van der Waals surface area contributed by atoms with E-state index in [1.54, 1.807) is 30.5 Å². The zero-order valence-corrected chi connectivity index (χ0v) is 23.5. The molecule has 0 unspecified atom stereocenters. The van der Waals surface area contributed by atoms with Crippen LogP contribution in [0.3, 0.4) is 0 Å². The van der Waals surface area contributed by atoms with Crippen LogP contribution in [0.4, 0.5) is 11.4 Å². The van der Waals surface area contributed by atoms with Crippen LogP contribution in [0.25, 0.3) is 5.69 Å². The first kappa shape index (κ1) is 26.5. The number of rotatable bonds is 7. The normalized spacial score (nSPS) is 17.2. The fourth-order valence-corrected chi connectivity index (χ4v) is 6.09. The molecule has 0 aliphatic carbocycles. The molecule has 2 aromatic carbocycles. The molecule has 2 atom stereocenters. The van der Waals surface area contributed by atoms with Crippen molar-refractivity contribution in [1.29, 1.82) is 0 Å². The first-order chi connectivity index (χ1) is 18.6. The summed E-state index contributed by atoms with van der Waals surface area (Å²) in [5.74, 6) is 0.563. The minimum atomic E-state index is -3.56. The lowest BCUT2D eigenvalue weighted by molar-refractivity contribution is 0.417. The van der Waals surface area contributed by atoms with E-state index in [0.29, 0.717) is 27.9 Å². The van der Waals surface area contributed by atoms with Gasteiger partial charge in [-0.05, 0) is 80.2 Å². The van der Waals surface area contributed by atoms with Gasteiger partial charge in [-0.15, -0.1) is 0 Å². The number of para-hydroxylation sites is 2. The highest BCUT2D eigenvalue weighted by molar-refractivity contribution is 7.92. The predicted octanol–water partition coefficient (Wildman–Crippen LogP) is 4.75. The Bertz CT molecular complexity index is 1650. The number of aromatic hydroxyl groups is 1. The zero-order valence-electron chi connectivity index (χ0n) is 21.9. The second kappa shape index (κ2) is 10.2. The number of thiocarbonyl (C=S) groups is 1. The monoisotopic (exact) mass is 563 g/mol. The Labute approximate surface area is 233 Å². The number of ether oxygens (including phenoxy) is 1. The van der Waals surface area contributed by atoms with Crippen LogP contribution in [0.1, 0.15) is 34.7 Å². The third kappa shape index (κ3) is 5.02. The molecule has 39 heavy (non-hydrogen) atoms. The molecule has 0 radical (unpaired) electrons. The number of sulfonamides is 1. The van der Waals surface area contributed by atoms with Crippen LogP contribution < -0.4 is 19.7 Å². The van der Waals surface area contributed by atoms with Gasteiger partial charge in [-0.25, -0.2) is 8.42 Å². The highest BCUT2D eigenvalue weighted by atomic mass is 32.2. The lowest BCUT2D eigenvalue weighted by Crippen LogP contribution is -2.29. The molecule has 3 heterocycles. The number of phenolic OH excluding ortho intramolecular Hbond substituents is 1. The molecule has 0 spiro atoms. The second-order valence-corrected chi connectivity index (χ2v) is 11.5.